The summed E-state index contributed by atoms with van der Waals surface area (Å²) in [5.41, 5.74) is 8.62. The normalized spacial score (nSPS) is 21.9. The second-order valence-corrected chi connectivity index (χ2v) is 5.10. The second-order valence-electron chi connectivity index (χ2n) is 5.10. The molecule has 1 heterocycles. The highest BCUT2D eigenvalue weighted by atomic mass is 16.3. The summed E-state index contributed by atoms with van der Waals surface area (Å²) < 4.78 is 0. The lowest BCUT2D eigenvalue weighted by Crippen LogP contribution is -2.42. The van der Waals surface area contributed by atoms with Crippen LogP contribution in [0.3, 0.4) is 0 Å². The lowest BCUT2D eigenvalue weighted by atomic mass is 9.97. The van der Waals surface area contributed by atoms with E-state index in [1.54, 1.807) is 0 Å². The molecule has 0 aliphatic carbocycles. The zero-order valence-corrected chi connectivity index (χ0v) is 11.2. The van der Waals surface area contributed by atoms with Crippen molar-refractivity contribution in [3.05, 3.63) is 29.8 Å². The van der Waals surface area contributed by atoms with Crippen molar-refractivity contribution < 1.29 is 5.11 Å². The van der Waals surface area contributed by atoms with Crippen LogP contribution in [0.5, 0.6) is 0 Å². The lowest BCUT2D eigenvalue weighted by molar-refractivity contribution is 0.240. The number of anilines is 1. The quantitative estimate of drug-likeness (QED) is 0.860. The van der Waals surface area contributed by atoms with Gasteiger partial charge in [-0.15, -0.1) is 0 Å². The summed E-state index contributed by atoms with van der Waals surface area (Å²) in [4.78, 5) is 2.34. The van der Waals surface area contributed by atoms with Crippen LogP contribution in [-0.2, 0) is 0 Å². The van der Waals surface area contributed by atoms with E-state index >= 15 is 0 Å². The number of para-hydroxylation sites is 1. The van der Waals surface area contributed by atoms with Crippen LogP contribution in [0, 0.1) is 0 Å². The van der Waals surface area contributed by atoms with Gasteiger partial charge in [0.25, 0.3) is 0 Å². The van der Waals surface area contributed by atoms with Gasteiger partial charge in [-0.3, -0.25) is 0 Å². The molecule has 0 spiro atoms. The molecule has 1 aliphatic heterocycles. The van der Waals surface area contributed by atoms with E-state index in [-0.39, 0.29) is 18.7 Å². The Balaban J connectivity index is 2.30. The summed E-state index contributed by atoms with van der Waals surface area (Å²) in [6, 6.07) is 8.70. The Hall–Kier alpha value is -1.06. The van der Waals surface area contributed by atoms with Gasteiger partial charge in [-0.05, 0) is 37.3 Å². The van der Waals surface area contributed by atoms with Crippen LogP contribution in [0.4, 0.5) is 5.69 Å². The van der Waals surface area contributed by atoms with Crippen LogP contribution in [0.2, 0.25) is 0 Å². The third-order valence-electron chi connectivity index (χ3n) is 3.92. The number of aliphatic hydroxyl groups is 1. The number of rotatable bonds is 4. The van der Waals surface area contributed by atoms with Crippen molar-refractivity contribution in [1.82, 2.24) is 0 Å². The Morgan fingerprint density at radius 3 is 2.89 bits per heavy atom. The number of piperidine rings is 1. The molecule has 1 fully saturated rings. The summed E-state index contributed by atoms with van der Waals surface area (Å²) in [5, 5.41) is 9.54. The van der Waals surface area contributed by atoms with Crippen molar-refractivity contribution in [3.63, 3.8) is 0 Å². The Morgan fingerprint density at radius 2 is 2.17 bits per heavy atom. The largest absolute Gasteiger partial charge is 0.394 e. The topological polar surface area (TPSA) is 49.5 Å². The first-order chi connectivity index (χ1) is 8.77. The smallest absolute Gasteiger partial charge is 0.0635 e. The molecule has 18 heavy (non-hydrogen) atoms. The van der Waals surface area contributed by atoms with Crippen molar-refractivity contribution in [1.29, 1.82) is 0 Å². The van der Waals surface area contributed by atoms with Crippen LogP contribution in [0.1, 0.15) is 44.2 Å². The van der Waals surface area contributed by atoms with E-state index in [0.717, 1.165) is 19.4 Å². The Morgan fingerprint density at radius 1 is 1.39 bits per heavy atom. The first-order valence-electron chi connectivity index (χ1n) is 7.00. The first kappa shape index (κ1) is 13.4. The molecule has 3 heteroatoms. The number of aliphatic hydroxyl groups excluding tert-OH is 1. The maximum atomic E-state index is 9.54. The van der Waals surface area contributed by atoms with E-state index < -0.39 is 0 Å². The van der Waals surface area contributed by atoms with Gasteiger partial charge in [0.05, 0.1) is 12.6 Å². The molecule has 1 unspecified atom stereocenters. The molecule has 3 N–H and O–H groups in total. The highest BCUT2D eigenvalue weighted by Crippen LogP contribution is 2.31. The number of nitrogens with zero attached hydrogens (tertiary/aromatic N) is 1. The summed E-state index contributed by atoms with van der Waals surface area (Å²) in [6.07, 6.45) is 4.43. The zero-order valence-electron chi connectivity index (χ0n) is 11.2. The van der Waals surface area contributed by atoms with Crippen LogP contribution < -0.4 is 10.6 Å². The average molecular weight is 248 g/mol. The molecule has 100 valence electrons. The molecule has 1 aliphatic rings. The highest BCUT2D eigenvalue weighted by Gasteiger charge is 2.24. The number of nitrogens with two attached hydrogens (primary N) is 1. The molecule has 2 atom stereocenters. The van der Waals surface area contributed by atoms with Crippen LogP contribution >= 0.6 is 0 Å². The molecular formula is C15H24N2O. The average Bonchev–Trinajstić information content (AvgIpc) is 2.46. The van der Waals surface area contributed by atoms with E-state index in [9.17, 15) is 5.11 Å². The predicted molar refractivity (Wildman–Crippen MR) is 75.7 cm³/mol. The summed E-state index contributed by atoms with van der Waals surface area (Å²) in [6.45, 7) is 3.37. The van der Waals surface area contributed by atoms with Gasteiger partial charge in [0.2, 0.25) is 0 Å². The van der Waals surface area contributed by atoms with Crippen LogP contribution in [0.25, 0.3) is 0 Å². The van der Waals surface area contributed by atoms with Gasteiger partial charge in [-0.1, -0.05) is 25.1 Å². The van der Waals surface area contributed by atoms with Gasteiger partial charge in [-0.25, -0.2) is 0 Å². The molecule has 1 aromatic rings. The van der Waals surface area contributed by atoms with E-state index in [2.05, 4.69) is 30.0 Å². The highest BCUT2D eigenvalue weighted by molar-refractivity contribution is 5.56. The van der Waals surface area contributed by atoms with Gasteiger partial charge < -0.3 is 15.7 Å². The maximum absolute atomic E-state index is 9.54. The van der Waals surface area contributed by atoms with Gasteiger partial charge in [0.15, 0.2) is 0 Å². The molecule has 2 rings (SSSR count). The molecular weight excluding hydrogens is 224 g/mol. The minimum Gasteiger partial charge on any atom is -0.394 e. The van der Waals surface area contributed by atoms with Crippen molar-refractivity contribution in [2.75, 3.05) is 18.1 Å². The van der Waals surface area contributed by atoms with Crippen molar-refractivity contribution in [3.8, 4) is 0 Å². The van der Waals surface area contributed by atoms with Crippen molar-refractivity contribution in [2.24, 2.45) is 5.73 Å². The monoisotopic (exact) mass is 248 g/mol. The van der Waals surface area contributed by atoms with E-state index in [4.69, 9.17) is 5.73 Å². The molecule has 1 aromatic carbocycles. The molecule has 0 amide bonds. The Bertz CT molecular complexity index is 381. The van der Waals surface area contributed by atoms with Gasteiger partial charge in [0.1, 0.15) is 0 Å². The standard InChI is InChI=1S/C15H24N2O/c1-2-14(16)13-8-3-4-9-15(13)17-10-6-5-7-12(17)11-18/h3-4,8-9,12,14,18H,2,5-7,10-11,16H2,1H3/t12?,14-/m0/s1. The zero-order chi connectivity index (χ0) is 13.0. The first-order valence-corrected chi connectivity index (χ1v) is 7.00. The second kappa shape index (κ2) is 6.21. The molecule has 1 saturated heterocycles. The summed E-state index contributed by atoms with van der Waals surface area (Å²) in [5.74, 6) is 0. The van der Waals surface area contributed by atoms with E-state index in [0.29, 0.717) is 0 Å². The van der Waals surface area contributed by atoms with Crippen LogP contribution in [-0.4, -0.2) is 24.3 Å². The number of benzene rings is 1. The fourth-order valence-electron chi connectivity index (χ4n) is 2.79. The fourth-order valence-corrected chi connectivity index (χ4v) is 2.79. The third-order valence-corrected chi connectivity index (χ3v) is 3.92. The number of hydrogen-bond donors (Lipinski definition) is 2. The van der Waals surface area contributed by atoms with Gasteiger partial charge in [0, 0.05) is 18.3 Å². The van der Waals surface area contributed by atoms with Gasteiger partial charge >= 0.3 is 0 Å². The minimum absolute atomic E-state index is 0.0856. The van der Waals surface area contributed by atoms with Crippen molar-refractivity contribution in [2.45, 2.75) is 44.7 Å². The lowest BCUT2D eigenvalue weighted by Gasteiger charge is -2.38. The molecule has 0 radical (unpaired) electrons. The van der Waals surface area contributed by atoms with Crippen LogP contribution in [0.15, 0.2) is 24.3 Å². The third kappa shape index (κ3) is 2.68. The SMILES string of the molecule is CC[C@H](N)c1ccccc1N1CCCCC1CO. The predicted octanol–water partition coefficient (Wildman–Crippen LogP) is 2.45. The minimum atomic E-state index is 0.0856. The fraction of sp³-hybridized carbons (Fsp3) is 0.600. The summed E-state index contributed by atoms with van der Waals surface area (Å²) in [7, 11) is 0. The maximum Gasteiger partial charge on any atom is 0.0635 e. The molecule has 0 bridgehead atoms. The molecule has 3 nitrogen and oxygen atoms in total. The summed E-state index contributed by atoms with van der Waals surface area (Å²) >= 11 is 0. The Labute approximate surface area is 110 Å². The van der Waals surface area contributed by atoms with Crippen molar-refractivity contribution >= 4 is 5.69 Å². The Kier molecular flexibility index (Phi) is 4.61. The van der Waals surface area contributed by atoms with E-state index in [1.807, 2.05) is 6.07 Å². The van der Waals surface area contributed by atoms with Gasteiger partial charge in [-0.2, -0.15) is 0 Å². The number of hydrogen-bond acceptors (Lipinski definition) is 3. The van der Waals surface area contributed by atoms with E-state index in [1.165, 1.54) is 24.1 Å². The molecule has 0 aromatic heterocycles. The molecule has 0 saturated carbocycles.